The molecule has 10 heteroatoms. The second-order valence-electron chi connectivity index (χ2n) is 6.49. The van der Waals surface area contributed by atoms with E-state index in [1.807, 2.05) is 0 Å². The number of nitrogens with zero attached hydrogens (tertiary/aromatic N) is 1. The molecule has 2 aromatic rings. The van der Waals surface area contributed by atoms with Crippen LogP contribution in [0.25, 0.3) is 0 Å². The van der Waals surface area contributed by atoms with Crippen molar-refractivity contribution in [3.8, 4) is 11.5 Å². The van der Waals surface area contributed by atoms with Gasteiger partial charge >= 0.3 is 12.4 Å². The minimum absolute atomic E-state index is 0.0143. The molecule has 0 atom stereocenters. The van der Waals surface area contributed by atoms with Gasteiger partial charge in [-0.3, -0.25) is 9.59 Å². The van der Waals surface area contributed by atoms with Gasteiger partial charge in [-0.05, 0) is 48.9 Å². The first-order valence-electron chi connectivity index (χ1n) is 8.46. The highest BCUT2D eigenvalue weighted by molar-refractivity contribution is 6.30. The van der Waals surface area contributed by atoms with Crippen LogP contribution in [-0.2, 0) is 9.59 Å². The number of imide groups is 1. The lowest BCUT2D eigenvalue weighted by molar-refractivity contribution is -0.253. The Morgan fingerprint density at radius 3 is 1.67 bits per heavy atom. The van der Waals surface area contributed by atoms with Gasteiger partial charge in [0.05, 0.1) is 5.69 Å². The van der Waals surface area contributed by atoms with Crippen LogP contribution < -0.4 is 9.64 Å². The second-order valence-corrected chi connectivity index (χ2v) is 6.49. The maximum Gasteiger partial charge on any atom is 0.404 e. The normalized spacial score (nSPS) is 15.1. The molecule has 4 nitrogen and oxygen atoms in total. The van der Waals surface area contributed by atoms with Crippen LogP contribution in [0, 0.1) is 0 Å². The zero-order valence-corrected chi connectivity index (χ0v) is 15.2. The lowest BCUT2D eigenvalue weighted by atomic mass is 9.98. The SMILES string of the molecule is CC1=CC(=O)N(c2ccc(Oc3ccc(C(C(F)(F)F)C(F)(F)F)cc3)cc2)C1=O. The number of benzene rings is 2. The fourth-order valence-electron chi connectivity index (χ4n) is 2.92. The summed E-state index contributed by atoms with van der Waals surface area (Å²) in [6, 6.07) is 9.06. The zero-order chi connectivity index (χ0) is 22.3. The van der Waals surface area contributed by atoms with E-state index in [1.165, 1.54) is 37.3 Å². The van der Waals surface area contributed by atoms with E-state index in [0.717, 1.165) is 17.0 Å². The van der Waals surface area contributed by atoms with E-state index in [4.69, 9.17) is 4.74 Å². The van der Waals surface area contributed by atoms with Crippen molar-refractivity contribution in [2.75, 3.05) is 4.90 Å². The Morgan fingerprint density at radius 2 is 1.27 bits per heavy atom. The molecule has 1 aliphatic rings. The maximum atomic E-state index is 12.8. The molecule has 0 unspecified atom stereocenters. The lowest BCUT2D eigenvalue weighted by Gasteiger charge is -2.23. The first kappa shape index (κ1) is 21.4. The first-order valence-corrected chi connectivity index (χ1v) is 8.46. The third-order valence-corrected chi connectivity index (χ3v) is 4.30. The Bertz CT molecular complexity index is 977. The molecule has 0 fully saturated rings. The van der Waals surface area contributed by atoms with E-state index in [-0.39, 0.29) is 17.1 Å². The number of rotatable bonds is 4. The quantitative estimate of drug-likeness (QED) is 0.476. The highest BCUT2D eigenvalue weighted by atomic mass is 19.4. The van der Waals surface area contributed by atoms with Crippen molar-refractivity contribution in [1.29, 1.82) is 0 Å². The predicted molar refractivity (Wildman–Crippen MR) is 94.1 cm³/mol. The smallest absolute Gasteiger partial charge is 0.404 e. The summed E-state index contributed by atoms with van der Waals surface area (Å²) in [5.74, 6) is -4.33. The Labute approximate surface area is 166 Å². The largest absolute Gasteiger partial charge is 0.457 e. The Hall–Kier alpha value is -3.30. The molecule has 0 aromatic heterocycles. The van der Waals surface area contributed by atoms with Crippen molar-refractivity contribution < 1.29 is 40.7 Å². The van der Waals surface area contributed by atoms with E-state index in [2.05, 4.69) is 0 Å². The summed E-state index contributed by atoms with van der Waals surface area (Å²) in [7, 11) is 0. The molecule has 0 bridgehead atoms. The van der Waals surface area contributed by atoms with E-state index in [1.54, 1.807) is 0 Å². The van der Waals surface area contributed by atoms with Crippen LogP contribution in [0.15, 0.2) is 60.2 Å². The molecule has 158 valence electrons. The van der Waals surface area contributed by atoms with E-state index in [9.17, 15) is 35.9 Å². The van der Waals surface area contributed by atoms with Crippen LogP contribution in [-0.4, -0.2) is 24.2 Å². The predicted octanol–water partition coefficient (Wildman–Crippen LogP) is 5.51. The number of hydrogen-bond donors (Lipinski definition) is 0. The van der Waals surface area contributed by atoms with Crippen molar-refractivity contribution in [1.82, 2.24) is 0 Å². The van der Waals surface area contributed by atoms with E-state index in [0.29, 0.717) is 17.8 Å². The molecule has 0 N–H and O–H groups in total. The number of carbonyl (C=O) groups excluding carboxylic acids is 2. The molecule has 2 amide bonds. The van der Waals surface area contributed by atoms with Crippen LogP contribution in [0.1, 0.15) is 18.4 Å². The molecule has 3 rings (SSSR count). The van der Waals surface area contributed by atoms with Gasteiger partial charge in [-0.2, -0.15) is 26.3 Å². The summed E-state index contributed by atoms with van der Waals surface area (Å²) < 4.78 is 82.1. The average molecular weight is 429 g/mol. The Morgan fingerprint density at radius 1 is 0.800 bits per heavy atom. The minimum Gasteiger partial charge on any atom is -0.457 e. The van der Waals surface area contributed by atoms with E-state index >= 15 is 0 Å². The van der Waals surface area contributed by atoms with Crippen molar-refractivity contribution in [3.63, 3.8) is 0 Å². The standard InChI is InChI=1S/C20H13F6NO3/c1-11-10-16(28)27(18(11)29)13-4-8-15(9-5-13)30-14-6-2-12(3-7-14)17(19(21,22)23)20(24,25)26/h2-10,17H,1H3. The van der Waals surface area contributed by atoms with Gasteiger partial charge in [0.25, 0.3) is 11.8 Å². The van der Waals surface area contributed by atoms with Crippen LogP contribution >= 0.6 is 0 Å². The molecule has 0 saturated carbocycles. The monoisotopic (exact) mass is 429 g/mol. The summed E-state index contributed by atoms with van der Waals surface area (Å²) in [4.78, 5) is 24.8. The third kappa shape index (κ3) is 4.32. The fraction of sp³-hybridized carbons (Fsp3) is 0.200. The second kappa shape index (κ2) is 7.51. The van der Waals surface area contributed by atoms with Gasteiger partial charge < -0.3 is 4.74 Å². The molecular weight excluding hydrogens is 416 g/mol. The topological polar surface area (TPSA) is 46.6 Å². The number of halogens is 6. The summed E-state index contributed by atoms with van der Waals surface area (Å²) in [6.45, 7) is 1.50. The fourth-order valence-corrected chi connectivity index (χ4v) is 2.92. The molecule has 1 aliphatic heterocycles. The van der Waals surface area contributed by atoms with Crippen molar-refractivity contribution in [2.45, 2.75) is 25.2 Å². The number of anilines is 1. The Kier molecular flexibility index (Phi) is 5.36. The van der Waals surface area contributed by atoms with Gasteiger partial charge in [0.1, 0.15) is 11.5 Å². The van der Waals surface area contributed by atoms with Gasteiger partial charge in [0, 0.05) is 11.6 Å². The van der Waals surface area contributed by atoms with Crippen LogP contribution in [0.3, 0.4) is 0 Å². The molecular formula is C20H13F6NO3. The van der Waals surface area contributed by atoms with Gasteiger partial charge in [-0.15, -0.1) is 0 Å². The number of alkyl halides is 6. The molecule has 1 heterocycles. The summed E-state index contributed by atoms with van der Waals surface area (Å²) in [6.07, 6.45) is -9.76. The number of hydrogen-bond acceptors (Lipinski definition) is 3. The van der Waals surface area contributed by atoms with Gasteiger partial charge in [-0.1, -0.05) is 12.1 Å². The maximum absolute atomic E-state index is 12.8. The average Bonchev–Trinajstić information content (AvgIpc) is 2.87. The molecule has 0 spiro atoms. The zero-order valence-electron chi connectivity index (χ0n) is 15.2. The summed E-state index contributed by atoms with van der Waals surface area (Å²) in [5, 5.41) is 0. The minimum atomic E-state index is -5.48. The first-order chi connectivity index (χ1) is 13.9. The van der Waals surface area contributed by atoms with Crippen LogP contribution in [0.4, 0.5) is 32.0 Å². The molecule has 0 radical (unpaired) electrons. The van der Waals surface area contributed by atoms with Crippen molar-refractivity contribution in [3.05, 3.63) is 65.7 Å². The molecule has 0 aliphatic carbocycles. The van der Waals surface area contributed by atoms with Crippen molar-refractivity contribution in [2.24, 2.45) is 0 Å². The van der Waals surface area contributed by atoms with Gasteiger partial charge in [0.2, 0.25) is 0 Å². The lowest BCUT2D eigenvalue weighted by Crippen LogP contribution is -2.34. The number of amides is 2. The molecule has 2 aromatic carbocycles. The summed E-state index contributed by atoms with van der Waals surface area (Å²) in [5.41, 5.74) is -0.373. The Balaban J connectivity index is 1.75. The third-order valence-electron chi connectivity index (χ3n) is 4.30. The van der Waals surface area contributed by atoms with Crippen LogP contribution in [0.5, 0.6) is 11.5 Å². The van der Waals surface area contributed by atoms with E-state index < -0.39 is 35.6 Å². The van der Waals surface area contributed by atoms with Gasteiger partial charge in [0.15, 0.2) is 5.92 Å². The molecule has 0 saturated heterocycles. The highest BCUT2D eigenvalue weighted by Gasteiger charge is 2.57. The molecule has 30 heavy (non-hydrogen) atoms. The highest BCUT2D eigenvalue weighted by Crippen LogP contribution is 2.46. The number of carbonyl (C=O) groups is 2. The van der Waals surface area contributed by atoms with Gasteiger partial charge in [-0.25, -0.2) is 4.90 Å². The number of ether oxygens (including phenoxy) is 1. The van der Waals surface area contributed by atoms with Crippen LogP contribution in [0.2, 0.25) is 0 Å². The van der Waals surface area contributed by atoms with Crippen molar-refractivity contribution >= 4 is 17.5 Å². The summed E-state index contributed by atoms with van der Waals surface area (Å²) >= 11 is 0.